The van der Waals surface area contributed by atoms with E-state index in [1.165, 1.54) is 19.3 Å². The summed E-state index contributed by atoms with van der Waals surface area (Å²) in [4.78, 5) is 11.5. The lowest BCUT2D eigenvalue weighted by molar-refractivity contribution is -0.150. The lowest BCUT2D eigenvalue weighted by Crippen LogP contribution is -2.34. The van der Waals surface area contributed by atoms with Gasteiger partial charge in [0.25, 0.3) is 0 Å². The quantitative estimate of drug-likeness (QED) is 0.488. The Bertz CT molecular complexity index is 183. The molecule has 0 aliphatic rings. The summed E-state index contributed by atoms with van der Waals surface area (Å²) < 4.78 is 5.28. The molecule has 0 rings (SSSR count). The fraction of sp³-hybridized carbons (Fsp3) is 0.923. The molecule has 3 heteroatoms. The van der Waals surface area contributed by atoms with Gasteiger partial charge in [0.05, 0.1) is 6.10 Å². The summed E-state index contributed by atoms with van der Waals surface area (Å²) in [6.45, 7) is 6.15. The van der Waals surface area contributed by atoms with E-state index < -0.39 is 6.04 Å². The second-order valence-corrected chi connectivity index (χ2v) is 4.49. The molecule has 0 aromatic carbocycles. The van der Waals surface area contributed by atoms with Gasteiger partial charge in [0.2, 0.25) is 0 Å². The molecule has 16 heavy (non-hydrogen) atoms. The third-order valence-corrected chi connectivity index (χ3v) is 2.68. The topological polar surface area (TPSA) is 52.3 Å². The fourth-order valence-corrected chi connectivity index (χ4v) is 1.63. The molecule has 0 saturated heterocycles. The second kappa shape index (κ2) is 9.64. The van der Waals surface area contributed by atoms with Crippen LogP contribution in [0.25, 0.3) is 0 Å². The Labute approximate surface area is 99.7 Å². The van der Waals surface area contributed by atoms with E-state index in [1.54, 1.807) is 0 Å². The zero-order valence-electron chi connectivity index (χ0n) is 11.0. The lowest BCUT2D eigenvalue weighted by Gasteiger charge is -2.16. The fourth-order valence-electron chi connectivity index (χ4n) is 1.63. The summed E-state index contributed by atoms with van der Waals surface area (Å²) in [6.07, 6.45) is 7.43. The van der Waals surface area contributed by atoms with E-state index in [0.717, 1.165) is 19.3 Å². The molecule has 2 N–H and O–H groups in total. The standard InChI is InChI=1S/C13H27NO2/c1-4-6-7-8-10-11(3)16-13(15)12(14)9-5-2/h11-12H,4-10,14H2,1-3H3/t11?,12-/m0/s1. The predicted octanol–water partition coefficient (Wildman–Crippen LogP) is 3.02. The Kier molecular flexibility index (Phi) is 9.30. The molecule has 1 unspecified atom stereocenters. The number of hydrogen-bond donors (Lipinski definition) is 1. The number of esters is 1. The molecule has 0 aromatic rings. The van der Waals surface area contributed by atoms with E-state index in [2.05, 4.69) is 6.92 Å². The number of ether oxygens (including phenoxy) is 1. The van der Waals surface area contributed by atoms with Crippen molar-refractivity contribution >= 4 is 5.97 Å². The van der Waals surface area contributed by atoms with Crippen LogP contribution in [0.4, 0.5) is 0 Å². The van der Waals surface area contributed by atoms with Crippen molar-refractivity contribution in [1.29, 1.82) is 0 Å². The van der Waals surface area contributed by atoms with E-state index in [0.29, 0.717) is 6.42 Å². The predicted molar refractivity (Wildman–Crippen MR) is 67.2 cm³/mol. The second-order valence-electron chi connectivity index (χ2n) is 4.49. The van der Waals surface area contributed by atoms with Gasteiger partial charge in [-0.05, 0) is 26.2 Å². The van der Waals surface area contributed by atoms with Crippen molar-refractivity contribution in [2.45, 2.75) is 77.9 Å². The summed E-state index contributed by atoms with van der Waals surface area (Å²) in [5, 5.41) is 0. The molecule has 0 aliphatic carbocycles. The van der Waals surface area contributed by atoms with Crippen LogP contribution in [0.3, 0.4) is 0 Å². The number of unbranched alkanes of at least 4 members (excludes halogenated alkanes) is 3. The van der Waals surface area contributed by atoms with Crippen LogP contribution in [0.2, 0.25) is 0 Å². The summed E-state index contributed by atoms with van der Waals surface area (Å²) in [5.74, 6) is -0.246. The molecule has 0 amide bonds. The maximum absolute atomic E-state index is 11.5. The maximum Gasteiger partial charge on any atom is 0.323 e. The Morgan fingerprint density at radius 3 is 2.38 bits per heavy atom. The van der Waals surface area contributed by atoms with Gasteiger partial charge in [-0.3, -0.25) is 4.79 Å². The minimum Gasteiger partial charge on any atom is -0.462 e. The number of carbonyl (C=O) groups is 1. The Morgan fingerprint density at radius 2 is 1.81 bits per heavy atom. The molecule has 0 aromatic heterocycles. The number of nitrogens with two attached hydrogens (primary N) is 1. The van der Waals surface area contributed by atoms with Crippen LogP contribution in [0.15, 0.2) is 0 Å². The van der Waals surface area contributed by atoms with Crippen molar-refractivity contribution in [2.75, 3.05) is 0 Å². The molecule has 3 nitrogen and oxygen atoms in total. The SMILES string of the molecule is CCCCCCC(C)OC(=O)[C@@H](N)CCC. The molecule has 0 heterocycles. The van der Waals surface area contributed by atoms with Gasteiger partial charge in [0.1, 0.15) is 6.04 Å². The van der Waals surface area contributed by atoms with Crippen molar-refractivity contribution in [2.24, 2.45) is 5.73 Å². The molecule has 0 saturated carbocycles. The van der Waals surface area contributed by atoms with Crippen molar-refractivity contribution in [3.63, 3.8) is 0 Å². The van der Waals surface area contributed by atoms with E-state index in [1.807, 2.05) is 13.8 Å². The highest BCUT2D eigenvalue weighted by atomic mass is 16.5. The van der Waals surface area contributed by atoms with Crippen LogP contribution in [0.1, 0.15) is 65.7 Å². The molecular weight excluding hydrogens is 202 g/mol. The van der Waals surface area contributed by atoms with Crippen molar-refractivity contribution in [3.8, 4) is 0 Å². The van der Waals surface area contributed by atoms with Crippen LogP contribution in [-0.4, -0.2) is 18.1 Å². The van der Waals surface area contributed by atoms with Crippen LogP contribution < -0.4 is 5.73 Å². The largest absolute Gasteiger partial charge is 0.462 e. The first-order chi connectivity index (χ1) is 7.61. The van der Waals surface area contributed by atoms with Crippen LogP contribution >= 0.6 is 0 Å². The van der Waals surface area contributed by atoms with Gasteiger partial charge in [-0.1, -0.05) is 39.5 Å². The van der Waals surface area contributed by atoms with Gasteiger partial charge in [-0.25, -0.2) is 0 Å². The molecule has 2 atom stereocenters. The van der Waals surface area contributed by atoms with Crippen molar-refractivity contribution in [1.82, 2.24) is 0 Å². The normalized spacial score (nSPS) is 14.5. The third-order valence-electron chi connectivity index (χ3n) is 2.68. The average molecular weight is 229 g/mol. The summed E-state index contributed by atoms with van der Waals surface area (Å²) in [5.41, 5.74) is 5.68. The monoisotopic (exact) mass is 229 g/mol. The molecular formula is C13H27NO2. The van der Waals surface area contributed by atoms with Gasteiger partial charge < -0.3 is 10.5 Å². The van der Waals surface area contributed by atoms with E-state index in [9.17, 15) is 4.79 Å². The van der Waals surface area contributed by atoms with Gasteiger partial charge >= 0.3 is 5.97 Å². The number of rotatable bonds is 9. The zero-order chi connectivity index (χ0) is 12.4. The molecule has 0 aliphatic heterocycles. The number of carbonyl (C=O) groups excluding carboxylic acids is 1. The molecule has 0 fully saturated rings. The lowest BCUT2D eigenvalue weighted by atomic mass is 10.1. The summed E-state index contributed by atoms with van der Waals surface area (Å²) >= 11 is 0. The molecule has 0 bridgehead atoms. The first-order valence-corrected chi connectivity index (χ1v) is 6.57. The third kappa shape index (κ3) is 7.69. The van der Waals surface area contributed by atoms with Gasteiger partial charge in [0.15, 0.2) is 0 Å². The highest BCUT2D eigenvalue weighted by Gasteiger charge is 2.16. The van der Waals surface area contributed by atoms with Gasteiger partial charge in [-0.15, -0.1) is 0 Å². The average Bonchev–Trinajstić information content (AvgIpc) is 2.24. The highest BCUT2D eigenvalue weighted by molar-refractivity contribution is 5.75. The summed E-state index contributed by atoms with van der Waals surface area (Å²) in [6, 6.07) is -0.442. The van der Waals surface area contributed by atoms with E-state index in [-0.39, 0.29) is 12.1 Å². The highest BCUT2D eigenvalue weighted by Crippen LogP contribution is 2.09. The first kappa shape index (κ1) is 15.4. The van der Waals surface area contributed by atoms with Gasteiger partial charge in [-0.2, -0.15) is 0 Å². The Morgan fingerprint density at radius 1 is 1.12 bits per heavy atom. The van der Waals surface area contributed by atoms with Crippen LogP contribution in [0.5, 0.6) is 0 Å². The molecule has 96 valence electrons. The summed E-state index contributed by atoms with van der Waals surface area (Å²) in [7, 11) is 0. The van der Waals surface area contributed by atoms with Crippen molar-refractivity contribution < 1.29 is 9.53 Å². The van der Waals surface area contributed by atoms with E-state index >= 15 is 0 Å². The zero-order valence-corrected chi connectivity index (χ0v) is 11.0. The number of hydrogen-bond acceptors (Lipinski definition) is 3. The van der Waals surface area contributed by atoms with Crippen LogP contribution in [0, 0.1) is 0 Å². The van der Waals surface area contributed by atoms with Crippen molar-refractivity contribution in [3.05, 3.63) is 0 Å². The molecule has 0 spiro atoms. The maximum atomic E-state index is 11.5. The first-order valence-electron chi connectivity index (χ1n) is 6.57. The Balaban J connectivity index is 3.61. The molecule has 0 radical (unpaired) electrons. The van der Waals surface area contributed by atoms with Crippen LogP contribution in [-0.2, 0) is 9.53 Å². The minimum atomic E-state index is -0.442. The smallest absolute Gasteiger partial charge is 0.323 e. The van der Waals surface area contributed by atoms with Gasteiger partial charge in [0, 0.05) is 0 Å². The minimum absolute atomic E-state index is 0.00672. The Hall–Kier alpha value is -0.570. The van der Waals surface area contributed by atoms with E-state index in [4.69, 9.17) is 10.5 Å².